The molecule has 188 valence electrons. The van der Waals surface area contributed by atoms with Crippen LogP contribution in [0.5, 0.6) is 0 Å². The molecule has 3 amide bonds. The van der Waals surface area contributed by atoms with Crippen LogP contribution in [0.15, 0.2) is 42.5 Å². The number of carbonyl (C=O) groups excluding carboxylic acids is 3. The van der Waals surface area contributed by atoms with E-state index in [1.165, 1.54) is 35.1 Å². The number of hydrogen-bond acceptors (Lipinski definition) is 6. The van der Waals surface area contributed by atoms with Crippen LogP contribution in [0.3, 0.4) is 0 Å². The Labute approximate surface area is 214 Å². The summed E-state index contributed by atoms with van der Waals surface area (Å²) in [5, 5.41) is 2.72. The third-order valence-electron chi connectivity index (χ3n) is 4.72. The van der Waals surface area contributed by atoms with Crippen LogP contribution in [0.2, 0.25) is 10.0 Å². The molecule has 0 aliphatic rings. The van der Waals surface area contributed by atoms with E-state index in [1.807, 2.05) is 0 Å². The Morgan fingerprint density at radius 2 is 1.66 bits per heavy atom. The minimum atomic E-state index is -3.73. The van der Waals surface area contributed by atoms with Gasteiger partial charge in [0.2, 0.25) is 11.8 Å². The first-order valence-corrected chi connectivity index (χ1v) is 12.7. The molecule has 0 saturated heterocycles. The molecule has 35 heavy (non-hydrogen) atoms. The molecule has 2 aromatic rings. The van der Waals surface area contributed by atoms with Gasteiger partial charge in [-0.1, -0.05) is 35.3 Å². The van der Waals surface area contributed by atoms with Crippen molar-refractivity contribution >= 4 is 62.8 Å². The van der Waals surface area contributed by atoms with Crippen LogP contribution in [-0.2, 0) is 30.5 Å². The first kappa shape index (κ1) is 28.3. The fraction of sp³-hybridized carbons (Fsp3) is 0.261. The summed E-state index contributed by atoms with van der Waals surface area (Å²) < 4.78 is 27.3. The summed E-state index contributed by atoms with van der Waals surface area (Å²) >= 11 is 12.4. The smallest absolute Gasteiger partial charge is 0.264 e. The van der Waals surface area contributed by atoms with Gasteiger partial charge in [0.05, 0.1) is 30.1 Å². The van der Waals surface area contributed by atoms with Gasteiger partial charge in [-0.3, -0.25) is 18.6 Å². The van der Waals surface area contributed by atoms with Crippen molar-refractivity contribution < 1.29 is 27.0 Å². The zero-order valence-electron chi connectivity index (χ0n) is 19.5. The molecule has 1 N–H and O–H groups in total. The summed E-state index contributed by atoms with van der Waals surface area (Å²) in [5.41, 5.74) is 1.71. The van der Waals surface area contributed by atoms with Gasteiger partial charge in [0.25, 0.3) is 16.0 Å². The molecular formula is C23H25Cl2N3O6S. The average Bonchev–Trinajstić information content (AvgIpc) is 2.79. The van der Waals surface area contributed by atoms with E-state index in [1.54, 1.807) is 44.4 Å². The summed E-state index contributed by atoms with van der Waals surface area (Å²) in [6, 6.07) is 9.68. The first-order valence-electron chi connectivity index (χ1n) is 10.2. The molecule has 0 aliphatic heterocycles. The van der Waals surface area contributed by atoms with E-state index in [0.717, 1.165) is 6.26 Å². The monoisotopic (exact) mass is 541 g/mol. The van der Waals surface area contributed by atoms with E-state index in [-0.39, 0.29) is 33.7 Å². The molecule has 0 unspecified atom stereocenters. The number of likely N-dealkylation sites (N-methyl/N-ethyl adjacent to an activating group) is 1. The van der Waals surface area contributed by atoms with Crippen LogP contribution in [0.25, 0.3) is 6.08 Å². The van der Waals surface area contributed by atoms with E-state index in [2.05, 4.69) is 5.32 Å². The second-order valence-corrected chi connectivity index (χ2v) is 10.1. The molecule has 0 spiro atoms. The lowest BCUT2D eigenvalue weighted by molar-refractivity contribution is -0.122. The molecule has 9 nitrogen and oxygen atoms in total. The van der Waals surface area contributed by atoms with Crippen molar-refractivity contribution in [1.82, 2.24) is 10.2 Å². The van der Waals surface area contributed by atoms with Crippen molar-refractivity contribution in [2.75, 3.05) is 38.8 Å². The van der Waals surface area contributed by atoms with Crippen LogP contribution in [-0.4, -0.2) is 65.0 Å². The Hall–Kier alpha value is -2.92. The van der Waals surface area contributed by atoms with Crippen molar-refractivity contribution in [1.29, 1.82) is 0 Å². The Kier molecular flexibility index (Phi) is 9.84. The average molecular weight is 542 g/mol. The zero-order valence-corrected chi connectivity index (χ0v) is 21.9. The highest BCUT2D eigenvalue weighted by Gasteiger charge is 2.19. The largest absolute Gasteiger partial charge is 0.345 e. The van der Waals surface area contributed by atoms with E-state index >= 15 is 0 Å². The molecule has 0 aromatic heterocycles. The van der Waals surface area contributed by atoms with Gasteiger partial charge >= 0.3 is 0 Å². The summed E-state index contributed by atoms with van der Waals surface area (Å²) in [6.45, 7) is -0.706. The van der Waals surface area contributed by atoms with Crippen molar-refractivity contribution in [2.24, 2.45) is 0 Å². The minimum Gasteiger partial charge on any atom is -0.345 e. The molecule has 12 heteroatoms. The van der Waals surface area contributed by atoms with E-state index in [4.69, 9.17) is 27.4 Å². The van der Waals surface area contributed by atoms with E-state index < -0.39 is 28.5 Å². The van der Waals surface area contributed by atoms with Crippen molar-refractivity contribution in [2.45, 2.75) is 6.61 Å². The van der Waals surface area contributed by atoms with Gasteiger partial charge in [0, 0.05) is 43.4 Å². The molecule has 0 atom stereocenters. The molecule has 0 saturated carbocycles. The number of halogens is 2. The molecule has 2 rings (SSSR count). The van der Waals surface area contributed by atoms with Gasteiger partial charge in [-0.15, -0.1) is 0 Å². The Balaban J connectivity index is 1.99. The number of amides is 3. The lowest BCUT2D eigenvalue weighted by atomic mass is 10.1. The molecule has 0 radical (unpaired) electrons. The van der Waals surface area contributed by atoms with Crippen molar-refractivity contribution in [3.8, 4) is 0 Å². The number of rotatable bonds is 9. The summed E-state index contributed by atoms with van der Waals surface area (Å²) in [6.07, 6.45) is 3.72. The predicted octanol–water partition coefficient (Wildman–Crippen LogP) is 2.96. The lowest BCUT2D eigenvalue weighted by Gasteiger charge is -2.21. The zero-order chi connectivity index (χ0) is 26.3. The second kappa shape index (κ2) is 12.2. The first-order chi connectivity index (χ1) is 16.3. The molecule has 2 aromatic carbocycles. The highest BCUT2D eigenvalue weighted by atomic mass is 35.5. The van der Waals surface area contributed by atoms with E-state index in [9.17, 15) is 22.8 Å². The fourth-order valence-corrected chi connectivity index (χ4v) is 3.72. The molecule has 0 bridgehead atoms. The van der Waals surface area contributed by atoms with Crippen LogP contribution in [0, 0.1) is 0 Å². The van der Waals surface area contributed by atoms with Gasteiger partial charge in [0.15, 0.2) is 0 Å². The summed E-state index contributed by atoms with van der Waals surface area (Å²) in [4.78, 5) is 39.3. The third-order valence-corrected chi connectivity index (χ3v) is 6.05. The highest BCUT2D eigenvalue weighted by molar-refractivity contribution is 7.85. The number of anilines is 1. The lowest BCUT2D eigenvalue weighted by Crippen LogP contribution is -2.37. The topological polar surface area (TPSA) is 113 Å². The predicted molar refractivity (Wildman–Crippen MR) is 136 cm³/mol. The van der Waals surface area contributed by atoms with Crippen LogP contribution in [0.1, 0.15) is 21.5 Å². The summed E-state index contributed by atoms with van der Waals surface area (Å²) in [7, 11) is 1.05. The molecule has 0 fully saturated rings. The maximum Gasteiger partial charge on any atom is 0.264 e. The number of benzene rings is 2. The standard InChI is InChI=1S/C23H25Cl2N3O6S/c1-27(2)23(31)16-8-5-15(6-9-16)7-12-20(29)26-13-21(30)28(3)19-11-10-18(24)17(22(19)25)14-34-35(4,32)33/h5-12H,13-14H2,1-4H3,(H,26,29)/b12-7+. The third kappa shape index (κ3) is 8.36. The van der Waals surface area contributed by atoms with Gasteiger partial charge in [0.1, 0.15) is 0 Å². The van der Waals surface area contributed by atoms with Gasteiger partial charge in [-0.2, -0.15) is 8.42 Å². The maximum atomic E-state index is 12.6. The van der Waals surface area contributed by atoms with Crippen molar-refractivity contribution in [3.63, 3.8) is 0 Å². The Morgan fingerprint density at radius 3 is 2.23 bits per heavy atom. The van der Waals surface area contributed by atoms with Gasteiger partial charge < -0.3 is 15.1 Å². The van der Waals surface area contributed by atoms with Crippen LogP contribution < -0.4 is 10.2 Å². The Morgan fingerprint density at radius 1 is 1.03 bits per heavy atom. The quantitative estimate of drug-likeness (QED) is 0.385. The SMILES string of the molecule is CN(C)C(=O)c1ccc(/C=C/C(=O)NCC(=O)N(C)c2ccc(Cl)c(COS(C)(=O)=O)c2Cl)cc1. The van der Waals surface area contributed by atoms with Gasteiger partial charge in [-0.25, -0.2) is 0 Å². The van der Waals surface area contributed by atoms with Gasteiger partial charge in [-0.05, 0) is 35.9 Å². The number of nitrogens with one attached hydrogen (secondary N) is 1. The number of carbonyl (C=O) groups is 3. The molecule has 0 heterocycles. The van der Waals surface area contributed by atoms with Crippen LogP contribution in [0.4, 0.5) is 5.69 Å². The number of nitrogens with zero attached hydrogens (tertiary/aromatic N) is 2. The van der Waals surface area contributed by atoms with Crippen molar-refractivity contribution in [3.05, 3.63) is 69.2 Å². The molecule has 0 aliphatic carbocycles. The fourth-order valence-electron chi connectivity index (χ4n) is 2.78. The van der Waals surface area contributed by atoms with Crippen LogP contribution >= 0.6 is 23.2 Å². The Bertz CT molecular complexity index is 1240. The minimum absolute atomic E-state index is 0.0550. The summed E-state index contributed by atoms with van der Waals surface area (Å²) in [5.74, 6) is -1.10. The number of hydrogen-bond donors (Lipinski definition) is 1. The highest BCUT2D eigenvalue weighted by Crippen LogP contribution is 2.34. The molecular weight excluding hydrogens is 517 g/mol. The van der Waals surface area contributed by atoms with E-state index in [0.29, 0.717) is 11.1 Å². The normalized spacial score (nSPS) is 11.4. The maximum absolute atomic E-state index is 12.6. The second-order valence-electron chi connectivity index (χ2n) is 7.65.